The summed E-state index contributed by atoms with van der Waals surface area (Å²) in [5.41, 5.74) is -0.622. The monoisotopic (exact) mass is 523 g/mol. The fraction of sp³-hybridized carbons (Fsp3) is 0.556. The molecule has 1 aromatic carbocycles. The van der Waals surface area contributed by atoms with Crippen LogP contribution in [0.3, 0.4) is 0 Å². The van der Waals surface area contributed by atoms with Crippen LogP contribution >= 0.6 is 0 Å². The van der Waals surface area contributed by atoms with Gasteiger partial charge in [-0.2, -0.15) is 13.2 Å². The first-order valence-electron chi connectivity index (χ1n) is 12.1. The summed E-state index contributed by atoms with van der Waals surface area (Å²) >= 11 is 0. The number of carbonyl (C=O) groups is 2. The number of nitrogens with zero attached hydrogens (tertiary/aromatic N) is 2. The number of nitrogens with one attached hydrogen (secondary N) is 1. The van der Waals surface area contributed by atoms with Gasteiger partial charge < -0.3 is 19.5 Å². The predicted molar refractivity (Wildman–Crippen MR) is 134 cm³/mol. The minimum absolute atomic E-state index is 0.0257. The Balaban J connectivity index is 1.97. The smallest absolute Gasteiger partial charge is 0.410 e. The fourth-order valence-corrected chi connectivity index (χ4v) is 4.76. The molecule has 1 aliphatic rings. The summed E-state index contributed by atoms with van der Waals surface area (Å²) in [6.07, 6.45) is -6.00. The Morgan fingerprint density at radius 2 is 1.86 bits per heavy atom. The number of fused-ring (bicyclic) bond motifs is 1. The minimum Gasteiger partial charge on any atom is -0.444 e. The molecule has 0 spiro atoms. The van der Waals surface area contributed by atoms with Crippen LogP contribution < -0.4 is 5.32 Å². The highest BCUT2D eigenvalue weighted by Crippen LogP contribution is 2.37. The summed E-state index contributed by atoms with van der Waals surface area (Å²) in [5.74, 6) is 4.63. The van der Waals surface area contributed by atoms with Crippen molar-refractivity contribution in [2.24, 2.45) is 5.41 Å². The molecule has 10 heteroatoms. The first-order valence-corrected chi connectivity index (χ1v) is 12.1. The van der Waals surface area contributed by atoms with Crippen LogP contribution in [-0.4, -0.2) is 58.4 Å². The van der Waals surface area contributed by atoms with Crippen LogP contribution in [0.25, 0.3) is 10.9 Å². The molecule has 2 aromatic rings. The van der Waals surface area contributed by atoms with Crippen molar-refractivity contribution in [3.63, 3.8) is 0 Å². The topological polar surface area (TPSA) is 63.6 Å². The number of rotatable bonds is 3. The number of aromatic nitrogens is 1. The van der Waals surface area contributed by atoms with Gasteiger partial charge in [-0.3, -0.25) is 4.79 Å². The number of anilines is 1. The third-order valence-electron chi connectivity index (χ3n) is 6.10. The van der Waals surface area contributed by atoms with Gasteiger partial charge in [0.05, 0.1) is 23.3 Å². The van der Waals surface area contributed by atoms with Crippen molar-refractivity contribution in [3.05, 3.63) is 30.0 Å². The second-order valence-electron chi connectivity index (χ2n) is 11.3. The lowest BCUT2D eigenvalue weighted by Gasteiger charge is -2.48. The second-order valence-corrected chi connectivity index (χ2v) is 11.3. The summed E-state index contributed by atoms with van der Waals surface area (Å²) in [6, 6.07) is 4.73. The zero-order valence-corrected chi connectivity index (χ0v) is 21.9. The lowest BCUT2D eigenvalue weighted by atomic mass is 9.78. The maximum atomic E-state index is 16.1. The van der Waals surface area contributed by atoms with Crippen molar-refractivity contribution in [1.82, 2.24) is 9.47 Å². The Hall–Kier alpha value is -3.22. The summed E-state index contributed by atoms with van der Waals surface area (Å²) in [7, 11) is 0. The van der Waals surface area contributed by atoms with Crippen molar-refractivity contribution >= 4 is 29.0 Å². The number of aldehydes is 1. The van der Waals surface area contributed by atoms with E-state index in [4.69, 9.17) is 4.74 Å². The molecule has 3 atom stereocenters. The van der Waals surface area contributed by atoms with Gasteiger partial charge in [-0.25, -0.2) is 9.18 Å². The number of benzene rings is 1. The molecule has 1 amide bonds. The van der Waals surface area contributed by atoms with Crippen LogP contribution in [0, 0.1) is 17.3 Å². The molecular weight excluding hydrogens is 490 g/mol. The van der Waals surface area contributed by atoms with Crippen LogP contribution in [0.15, 0.2) is 24.3 Å². The van der Waals surface area contributed by atoms with Crippen molar-refractivity contribution in [3.8, 4) is 11.8 Å². The first-order chi connectivity index (χ1) is 17.0. The van der Waals surface area contributed by atoms with Gasteiger partial charge >= 0.3 is 12.3 Å². The maximum absolute atomic E-state index is 16.1. The molecule has 0 aliphatic carbocycles. The number of alkyl halides is 4. The van der Waals surface area contributed by atoms with Crippen molar-refractivity contribution < 1.29 is 31.9 Å². The highest BCUT2D eigenvalue weighted by Gasteiger charge is 2.47. The average molecular weight is 524 g/mol. The normalized spacial score (nSPS) is 20.8. The van der Waals surface area contributed by atoms with Gasteiger partial charge in [0.2, 0.25) is 0 Å². The Kier molecular flexibility index (Phi) is 7.87. The van der Waals surface area contributed by atoms with Crippen LogP contribution in [0.1, 0.15) is 53.7 Å². The third-order valence-corrected chi connectivity index (χ3v) is 6.10. The Bertz CT molecular complexity index is 1210. The highest BCUT2D eigenvalue weighted by molar-refractivity contribution is 5.94. The van der Waals surface area contributed by atoms with Crippen LogP contribution in [0.4, 0.5) is 28.0 Å². The van der Waals surface area contributed by atoms with E-state index in [9.17, 15) is 22.8 Å². The number of halogens is 4. The van der Waals surface area contributed by atoms with E-state index in [2.05, 4.69) is 17.2 Å². The molecule has 1 saturated heterocycles. The predicted octanol–water partition coefficient (Wildman–Crippen LogP) is 5.93. The van der Waals surface area contributed by atoms with E-state index in [1.807, 2.05) is 20.8 Å². The average Bonchev–Trinajstić information content (AvgIpc) is 3.08. The number of hydrogen-bond donors (Lipinski definition) is 1. The summed E-state index contributed by atoms with van der Waals surface area (Å²) in [6.45, 7) is 9.75. The summed E-state index contributed by atoms with van der Waals surface area (Å²) < 4.78 is 62.5. The molecule has 202 valence electrons. The van der Waals surface area contributed by atoms with Gasteiger partial charge in [-0.1, -0.05) is 26.8 Å². The summed E-state index contributed by atoms with van der Waals surface area (Å²) in [4.78, 5) is 25.0. The zero-order valence-electron chi connectivity index (χ0n) is 21.9. The SMILES string of the molecule is CC(C)(C)OC(=O)N1CC[C@@H](Nc2cccc3c2cc(C#CC=O)n3CC(F)(F)F)[C@H](F)C1C(C)(C)C. The molecule has 1 aromatic heterocycles. The number of piperidine rings is 1. The van der Waals surface area contributed by atoms with Crippen LogP contribution in [0.2, 0.25) is 0 Å². The van der Waals surface area contributed by atoms with E-state index >= 15 is 4.39 Å². The number of amides is 1. The zero-order chi connectivity index (χ0) is 27.8. The third kappa shape index (κ3) is 6.76. The molecule has 1 aliphatic heterocycles. The fourth-order valence-electron chi connectivity index (χ4n) is 4.76. The van der Waals surface area contributed by atoms with Gasteiger partial charge in [0.15, 0.2) is 6.29 Å². The number of ether oxygens (including phenoxy) is 1. The van der Waals surface area contributed by atoms with E-state index in [-0.39, 0.29) is 24.2 Å². The van der Waals surface area contributed by atoms with E-state index in [0.717, 1.165) is 4.57 Å². The standard InChI is InChI=1S/C27H33F4N3O3/c1-25(2,3)23-22(28)20(12-13-33(23)24(36)37-26(4,5)6)32-19-10-7-11-21-18(19)15-17(9-8-14-35)34(21)16-27(29,30)31/h7,10-11,14-15,20,22-23,32H,12-13,16H2,1-6H3/t20-,22+,23?/m1/s1. The Labute approximate surface area is 214 Å². The largest absolute Gasteiger partial charge is 0.444 e. The molecule has 0 bridgehead atoms. The van der Waals surface area contributed by atoms with E-state index < -0.39 is 48.1 Å². The molecular formula is C27H33F4N3O3. The van der Waals surface area contributed by atoms with Gasteiger partial charge in [0.1, 0.15) is 18.3 Å². The Morgan fingerprint density at radius 1 is 1.19 bits per heavy atom. The van der Waals surface area contributed by atoms with Gasteiger partial charge in [-0.05, 0) is 62.6 Å². The van der Waals surface area contributed by atoms with Crippen molar-refractivity contribution in [2.75, 3.05) is 11.9 Å². The van der Waals surface area contributed by atoms with E-state index in [1.165, 1.54) is 17.0 Å². The summed E-state index contributed by atoms with van der Waals surface area (Å²) in [5, 5.41) is 3.60. The van der Waals surface area contributed by atoms with Crippen LogP contribution in [-0.2, 0) is 16.1 Å². The lowest BCUT2D eigenvalue weighted by molar-refractivity contribution is -0.140. The molecule has 0 saturated carbocycles. The van der Waals surface area contributed by atoms with E-state index in [1.54, 1.807) is 32.9 Å². The van der Waals surface area contributed by atoms with Gasteiger partial charge in [0.25, 0.3) is 0 Å². The molecule has 3 rings (SSSR count). The van der Waals surface area contributed by atoms with Crippen molar-refractivity contribution in [2.45, 2.75) is 84.5 Å². The molecule has 37 heavy (non-hydrogen) atoms. The van der Waals surface area contributed by atoms with Gasteiger partial charge in [0, 0.05) is 17.6 Å². The van der Waals surface area contributed by atoms with Gasteiger partial charge in [-0.15, -0.1) is 0 Å². The molecule has 6 nitrogen and oxygen atoms in total. The molecule has 0 radical (unpaired) electrons. The number of carbonyl (C=O) groups excluding carboxylic acids is 2. The molecule has 1 fully saturated rings. The highest BCUT2D eigenvalue weighted by atomic mass is 19.4. The second kappa shape index (κ2) is 10.3. The van der Waals surface area contributed by atoms with Crippen LogP contribution in [0.5, 0.6) is 0 Å². The first kappa shape index (κ1) is 28.4. The van der Waals surface area contributed by atoms with Crippen molar-refractivity contribution in [1.29, 1.82) is 0 Å². The number of hydrogen-bond acceptors (Lipinski definition) is 4. The lowest BCUT2D eigenvalue weighted by Crippen LogP contribution is -2.62. The minimum atomic E-state index is -4.51. The Morgan fingerprint density at radius 3 is 2.43 bits per heavy atom. The molecule has 2 heterocycles. The quantitative estimate of drug-likeness (QED) is 0.308. The van der Waals surface area contributed by atoms with E-state index in [0.29, 0.717) is 17.4 Å². The number of likely N-dealkylation sites (tertiary alicyclic amines) is 1. The molecule has 1 N–H and O–H groups in total. The maximum Gasteiger partial charge on any atom is 0.410 e. The molecule has 1 unspecified atom stereocenters.